The first-order valence-corrected chi connectivity index (χ1v) is 10.2. The van der Waals surface area contributed by atoms with Gasteiger partial charge in [0.2, 0.25) is 0 Å². The number of rotatable bonds is 16. The number of aliphatic carboxylic acids is 2. The molecule has 0 aliphatic rings. The Morgan fingerprint density at radius 2 is 1.48 bits per heavy atom. The lowest BCUT2D eigenvalue weighted by atomic mass is 9.95. The SMILES string of the molecule is CCCCOc1cccc(CCCCCC(=O)O)c1CCCCCC(=O)O. The van der Waals surface area contributed by atoms with E-state index < -0.39 is 11.9 Å². The second-order valence-electron chi connectivity index (χ2n) is 7.00. The lowest BCUT2D eigenvalue weighted by Gasteiger charge is -2.16. The lowest BCUT2D eigenvalue weighted by molar-refractivity contribution is -0.138. The van der Waals surface area contributed by atoms with E-state index in [1.54, 1.807) is 0 Å². The predicted octanol–water partition coefficient (Wildman–Crippen LogP) is 5.24. The van der Waals surface area contributed by atoms with Crippen molar-refractivity contribution in [3.8, 4) is 5.75 Å². The van der Waals surface area contributed by atoms with Crippen LogP contribution in [0, 0.1) is 0 Å². The standard InChI is InChI=1S/C22H34O5/c1-2-3-17-27-20-14-10-12-18(11-6-4-8-15-21(23)24)19(20)13-7-5-9-16-22(25)26/h10,12,14H,2-9,11,13,15-17H2,1H3,(H,23,24)(H,25,26). The summed E-state index contributed by atoms with van der Waals surface area (Å²) in [6.07, 6.45) is 9.55. The number of hydrogen-bond donors (Lipinski definition) is 2. The van der Waals surface area contributed by atoms with Gasteiger partial charge in [-0.1, -0.05) is 38.3 Å². The molecule has 5 nitrogen and oxygen atoms in total. The summed E-state index contributed by atoms with van der Waals surface area (Å²) in [6, 6.07) is 6.19. The number of unbranched alkanes of at least 4 members (excludes halogenated alkanes) is 5. The normalized spacial score (nSPS) is 10.7. The van der Waals surface area contributed by atoms with Gasteiger partial charge in [0, 0.05) is 12.8 Å². The average molecular weight is 379 g/mol. The molecule has 0 bridgehead atoms. The molecule has 0 radical (unpaired) electrons. The van der Waals surface area contributed by atoms with Crippen LogP contribution in [0.15, 0.2) is 18.2 Å². The minimum atomic E-state index is -0.736. The molecule has 5 heteroatoms. The van der Waals surface area contributed by atoms with Gasteiger partial charge in [-0.05, 0) is 62.1 Å². The van der Waals surface area contributed by atoms with E-state index in [4.69, 9.17) is 14.9 Å². The maximum atomic E-state index is 10.6. The number of carboxylic acids is 2. The van der Waals surface area contributed by atoms with Crippen LogP contribution < -0.4 is 4.74 Å². The molecule has 0 unspecified atom stereocenters. The quantitative estimate of drug-likeness (QED) is 0.384. The Morgan fingerprint density at radius 1 is 0.852 bits per heavy atom. The number of carbonyl (C=O) groups is 2. The van der Waals surface area contributed by atoms with E-state index in [-0.39, 0.29) is 12.8 Å². The molecule has 0 amide bonds. The zero-order valence-corrected chi connectivity index (χ0v) is 16.5. The summed E-state index contributed by atoms with van der Waals surface area (Å²) in [5, 5.41) is 17.5. The highest BCUT2D eigenvalue weighted by Crippen LogP contribution is 2.27. The third-order valence-corrected chi connectivity index (χ3v) is 4.64. The molecular formula is C22H34O5. The molecule has 27 heavy (non-hydrogen) atoms. The summed E-state index contributed by atoms with van der Waals surface area (Å²) < 4.78 is 6.00. The largest absolute Gasteiger partial charge is 0.493 e. The average Bonchev–Trinajstić information content (AvgIpc) is 2.62. The van der Waals surface area contributed by atoms with Crippen molar-refractivity contribution in [1.82, 2.24) is 0 Å². The second-order valence-corrected chi connectivity index (χ2v) is 7.00. The highest BCUT2D eigenvalue weighted by Gasteiger charge is 2.10. The molecule has 1 rings (SSSR count). The van der Waals surface area contributed by atoms with Gasteiger partial charge in [-0.25, -0.2) is 0 Å². The summed E-state index contributed by atoms with van der Waals surface area (Å²) >= 11 is 0. The zero-order chi connectivity index (χ0) is 19.9. The summed E-state index contributed by atoms with van der Waals surface area (Å²) in [5.74, 6) is -0.520. The molecule has 0 aliphatic carbocycles. The van der Waals surface area contributed by atoms with Crippen LogP contribution in [0.3, 0.4) is 0 Å². The van der Waals surface area contributed by atoms with Crippen molar-refractivity contribution in [2.24, 2.45) is 0 Å². The number of aryl methyl sites for hydroxylation is 1. The van der Waals surface area contributed by atoms with Crippen molar-refractivity contribution in [2.45, 2.75) is 84.0 Å². The van der Waals surface area contributed by atoms with Crippen LogP contribution >= 0.6 is 0 Å². The Bertz CT molecular complexity index is 568. The minimum Gasteiger partial charge on any atom is -0.493 e. The third-order valence-electron chi connectivity index (χ3n) is 4.64. The van der Waals surface area contributed by atoms with E-state index in [2.05, 4.69) is 13.0 Å². The Labute approximate surface area is 162 Å². The van der Waals surface area contributed by atoms with Gasteiger partial charge >= 0.3 is 11.9 Å². The van der Waals surface area contributed by atoms with Gasteiger partial charge in [0.25, 0.3) is 0 Å². The zero-order valence-electron chi connectivity index (χ0n) is 16.5. The molecule has 0 spiro atoms. The van der Waals surface area contributed by atoms with Crippen molar-refractivity contribution in [3.05, 3.63) is 29.3 Å². The molecule has 0 saturated carbocycles. The van der Waals surface area contributed by atoms with Gasteiger partial charge in [0.1, 0.15) is 5.75 Å². The second kappa shape index (κ2) is 14.1. The third kappa shape index (κ3) is 10.6. The van der Waals surface area contributed by atoms with Gasteiger partial charge in [-0.15, -0.1) is 0 Å². The van der Waals surface area contributed by atoms with Crippen LogP contribution in [0.4, 0.5) is 0 Å². The van der Waals surface area contributed by atoms with E-state index in [1.807, 2.05) is 12.1 Å². The van der Waals surface area contributed by atoms with Gasteiger partial charge < -0.3 is 14.9 Å². The summed E-state index contributed by atoms with van der Waals surface area (Å²) in [6.45, 7) is 2.85. The van der Waals surface area contributed by atoms with Crippen molar-refractivity contribution in [2.75, 3.05) is 6.61 Å². The van der Waals surface area contributed by atoms with E-state index in [1.165, 1.54) is 11.1 Å². The van der Waals surface area contributed by atoms with Crippen molar-refractivity contribution in [1.29, 1.82) is 0 Å². The van der Waals surface area contributed by atoms with Crippen LogP contribution in [-0.2, 0) is 22.4 Å². The van der Waals surface area contributed by atoms with Crippen molar-refractivity contribution in [3.63, 3.8) is 0 Å². The van der Waals surface area contributed by atoms with Gasteiger partial charge in [-0.2, -0.15) is 0 Å². The molecule has 1 aromatic carbocycles. The Morgan fingerprint density at radius 3 is 2.07 bits per heavy atom. The number of ether oxygens (including phenoxy) is 1. The van der Waals surface area contributed by atoms with Crippen LogP contribution in [0.2, 0.25) is 0 Å². The van der Waals surface area contributed by atoms with E-state index in [9.17, 15) is 9.59 Å². The summed E-state index contributed by atoms with van der Waals surface area (Å²) in [7, 11) is 0. The fourth-order valence-electron chi connectivity index (χ4n) is 3.11. The molecule has 1 aromatic rings. The van der Waals surface area contributed by atoms with E-state index in [0.717, 1.165) is 57.1 Å². The number of hydrogen-bond acceptors (Lipinski definition) is 3. The smallest absolute Gasteiger partial charge is 0.303 e. The fourth-order valence-corrected chi connectivity index (χ4v) is 3.11. The van der Waals surface area contributed by atoms with Crippen LogP contribution in [0.1, 0.15) is 82.3 Å². The highest BCUT2D eigenvalue weighted by atomic mass is 16.5. The molecule has 0 aromatic heterocycles. The maximum Gasteiger partial charge on any atom is 0.303 e. The minimum absolute atomic E-state index is 0.227. The topological polar surface area (TPSA) is 83.8 Å². The van der Waals surface area contributed by atoms with E-state index >= 15 is 0 Å². The molecule has 0 heterocycles. The molecular weight excluding hydrogens is 344 g/mol. The van der Waals surface area contributed by atoms with Crippen molar-refractivity contribution >= 4 is 11.9 Å². The monoisotopic (exact) mass is 378 g/mol. The van der Waals surface area contributed by atoms with Crippen LogP contribution in [0.5, 0.6) is 5.75 Å². The molecule has 0 saturated heterocycles. The molecule has 0 fully saturated rings. The van der Waals surface area contributed by atoms with Gasteiger partial charge in [0.15, 0.2) is 0 Å². The maximum absolute atomic E-state index is 10.6. The van der Waals surface area contributed by atoms with E-state index in [0.29, 0.717) is 19.4 Å². The summed E-state index contributed by atoms with van der Waals surface area (Å²) in [5.41, 5.74) is 2.51. The molecule has 0 atom stereocenters. The Hall–Kier alpha value is -2.04. The number of benzene rings is 1. The Kier molecular flexibility index (Phi) is 12.0. The first-order valence-electron chi connectivity index (χ1n) is 10.2. The Balaban J connectivity index is 2.63. The van der Waals surface area contributed by atoms with Gasteiger partial charge in [-0.3, -0.25) is 9.59 Å². The first kappa shape index (κ1) is 23.0. The van der Waals surface area contributed by atoms with Crippen LogP contribution in [0.25, 0.3) is 0 Å². The first-order chi connectivity index (χ1) is 13.0. The van der Waals surface area contributed by atoms with Gasteiger partial charge in [0.05, 0.1) is 6.61 Å². The number of carboxylic acid groups (broad SMARTS) is 2. The fraction of sp³-hybridized carbons (Fsp3) is 0.636. The van der Waals surface area contributed by atoms with Crippen molar-refractivity contribution < 1.29 is 24.5 Å². The summed E-state index contributed by atoms with van der Waals surface area (Å²) in [4.78, 5) is 21.3. The molecule has 0 aliphatic heterocycles. The lowest BCUT2D eigenvalue weighted by Crippen LogP contribution is -2.04. The molecule has 2 N–H and O–H groups in total. The predicted molar refractivity (Wildman–Crippen MR) is 106 cm³/mol. The van der Waals surface area contributed by atoms with Crippen LogP contribution in [-0.4, -0.2) is 28.8 Å². The molecule has 152 valence electrons. The highest BCUT2D eigenvalue weighted by molar-refractivity contribution is 5.66.